The van der Waals surface area contributed by atoms with Crippen LogP contribution in [0, 0.1) is 17.2 Å². The number of amidine groups is 1. The number of carboxylic acid groups (broad SMARTS) is 1. The SMILES string of the molecule is COC(=O)C1=C(CN2CC(F)(F)[C@@H]3CN(C(=O)C(C)(C)C(=O)O)C[C@@H]32)NC(c2nccs2)=N[C@H]1c1ccc(F)cc1Cl. The van der Waals surface area contributed by atoms with Crippen molar-refractivity contribution in [3.05, 3.63) is 62.5 Å². The molecule has 3 atom stereocenters. The number of esters is 1. The first-order valence-electron chi connectivity index (χ1n) is 12.9. The van der Waals surface area contributed by atoms with Gasteiger partial charge in [-0.2, -0.15) is 0 Å². The van der Waals surface area contributed by atoms with Crippen molar-refractivity contribution in [3.63, 3.8) is 0 Å². The van der Waals surface area contributed by atoms with Crippen LogP contribution in [0.25, 0.3) is 0 Å². The summed E-state index contributed by atoms with van der Waals surface area (Å²) in [6, 6.07) is 1.75. The summed E-state index contributed by atoms with van der Waals surface area (Å²) in [6.45, 7) is 1.21. The van der Waals surface area contributed by atoms with E-state index in [2.05, 4.69) is 15.3 Å². The molecule has 0 spiro atoms. The summed E-state index contributed by atoms with van der Waals surface area (Å²) in [5.41, 5.74) is -1.29. The molecule has 224 valence electrons. The van der Waals surface area contributed by atoms with Crippen LogP contribution in [0.3, 0.4) is 0 Å². The second-order valence-corrected chi connectivity index (χ2v) is 12.2. The molecule has 2 fully saturated rings. The summed E-state index contributed by atoms with van der Waals surface area (Å²) >= 11 is 7.63. The van der Waals surface area contributed by atoms with E-state index in [1.165, 1.54) is 49.3 Å². The molecule has 5 rings (SSSR count). The highest BCUT2D eigenvalue weighted by molar-refractivity contribution is 7.11. The number of alkyl halides is 2. The van der Waals surface area contributed by atoms with Crippen molar-refractivity contribution in [1.82, 2.24) is 20.1 Å². The van der Waals surface area contributed by atoms with Crippen LogP contribution in [-0.4, -0.2) is 88.8 Å². The first-order valence-corrected chi connectivity index (χ1v) is 14.2. The number of likely N-dealkylation sites (tertiary alicyclic amines) is 2. The van der Waals surface area contributed by atoms with E-state index in [0.29, 0.717) is 10.6 Å². The van der Waals surface area contributed by atoms with Crippen molar-refractivity contribution in [2.75, 3.05) is 33.3 Å². The summed E-state index contributed by atoms with van der Waals surface area (Å²) < 4.78 is 49.6. The molecule has 2 saturated heterocycles. The van der Waals surface area contributed by atoms with E-state index in [1.807, 2.05) is 0 Å². The minimum atomic E-state index is -3.19. The van der Waals surface area contributed by atoms with E-state index in [4.69, 9.17) is 16.3 Å². The molecule has 0 radical (unpaired) electrons. The predicted octanol–water partition coefficient (Wildman–Crippen LogP) is 3.34. The molecule has 10 nitrogen and oxygen atoms in total. The highest BCUT2D eigenvalue weighted by Crippen LogP contribution is 2.44. The molecule has 0 bridgehead atoms. The van der Waals surface area contributed by atoms with Crippen LogP contribution in [0.4, 0.5) is 13.2 Å². The minimum absolute atomic E-state index is 0.00338. The van der Waals surface area contributed by atoms with E-state index >= 15 is 8.78 Å². The molecule has 2 aromatic rings. The fraction of sp³-hybridized carbons (Fsp3) is 0.444. The Labute approximate surface area is 247 Å². The number of carbonyl (C=O) groups is 3. The van der Waals surface area contributed by atoms with Gasteiger partial charge in [0.25, 0.3) is 5.92 Å². The van der Waals surface area contributed by atoms with Gasteiger partial charge in [0.2, 0.25) is 5.91 Å². The molecule has 0 aliphatic carbocycles. The quantitative estimate of drug-likeness (QED) is 0.355. The average molecular weight is 626 g/mol. The number of nitrogens with zero attached hydrogens (tertiary/aromatic N) is 4. The van der Waals surface area contributed by atoms with Gasteiger partial charge in [0.05, 0.1) is 25.1 Å². The zero-order valence-electron chi connectivity index (χ0n) is 22.7. The van der Waals surface area contributed by atoms with Crippen molar-refractivity contribution < 1.29 is 37.4 Å². The Morgan fingerprint density at radius 3 is 2.64 bits per heavy atom. The molecule has 0 unspecified atom stereocenters. The number of aliphatic imine (C=N–C) groups is 1. The number of thiazole rings is 1. The van der Waals surface area contributed by atoms with Crippen molar-refractivity contribution >= 4 is 46.6 Å². The minimum Gasteiger partial charge on any atom is -0.480 e. The van der Waals surface area contributed by atoms with Crippen LogP contribution < -0.4 is 5.32 Å². The Bertz CT molecular complexity index is 1500. The standard InChI is InChI=1S/C27H27ClF3N5O5S/c1-26(2,25(39)40)24(38)35-9-15-18(11-35)36(12-27(15,30)31)10-17-19(23(37)41-3)20(14-5-4-13(29)8-16(14)28)34-21(33-17)22-32-6-7-42-22/h4-8,15,18,20H,9-12H2,1-3H3,(H,33,34)(H,39,40)/t15-,18+,20+/m1/s1. The Hall–Kier alpha value is -3.49. The molecule has 1 aromatic carbocycles. The van der Waals surface area contributed by atoms with E-state index in [1.54, 1.807) is 11.6 Å². The van der Waals surface area contributed by atoms with Gasteiger partial charge in [-0.05, 0) is 26.0 Å². The Morgan fingerprint density at radius 2 is 2.02 bits per heavy atom. The van der Waals surface area contributed by atoms with Crippen molar-refractivity contribution in [1.29, 1.82) is 0 Å². The van der Waals surface area contributed by atoms with Crippen molar-refractivity contribution in [2.45, 2.75) is 31.9 Å². The first-order chi connectivity index (χ1) is 19.7. The molecular formula is C27H27ClF3N5O5S. The lowest BCUT2D eigenvalue weighted by molar-refractivity contribution is -0.158. The van der Waals surface area contributed by atoms with Gasteiger partial charge in [-0.3, -0.25) is 19.5 Å². The highest BCUT2D eigenvalue weighted by atomic mass is 35.5. The van der Waals surface area contributed by atoms with Crippen LogP contribution in [-0.2, 0) is 19.1 Å². The molecule has 2 N–H and O–H groups in total. The summed E-state index contributed by atoms with van der Waals surface area (Å²) in [4.78, 5) is 49.4. The third-order valence-electron chi connectivity index (χ3n) is 7.86. The van der Waals surface area contributed by atoms with Crippen LogP contribution in [0.2, 0.25) is 5.02 Å². The summed E-state index contributed by atoms with van der Waals surface area (Å²) in [7, 11) is 1.17. The number of hydrogen-bond donors (Lipinski definition) is 2. The molecule has 3 aliphatic heterocycles. The Kier molecular flexibility index (Phi) is 7.83. The monoisotopic (exact) mass is 625 g/mol. The molecule has 4 heterocycles. The van der Waals surface area contributed by atoms with Gasteiger partial charge in [0, 0.05) is 53.5 Å². The lowest BCUT2D eigenvalue weighted by Crippen LogP contribution is -2.47. The number of carbonyl (C=O) groups excluding carboxylic acids is 2. The molecule has 1 amide bonds. The van der Waals surface area contributed by atoms with E-state index in [9.17, 15) is 23.9 Å². The Balaban J connectivity index is 1.54. The van der Waals surface area contributed by atoms with Gasteiger partial charge in [-0.15, -0.1) is 11.3 Å². The van der Waals surface area contributed by atoms with Gasteiger partial charge >= 0.3 is 11.9 Å². The van der Waals surface area contributed by atoms with Crippen LogP contribution >= 0.6 is 22.9 Å². The van der Waals surface area contributed by atoms with Gasteiger partial charge in [0.15, 0.2) is 10.8 Å². The zero-order valence-corrected chi connectivity index (χ0v) is 24.3. The molecule has 3 aliphatic rings. The maximum atomic E-state index is 15.3. The summed E-state index contributed by atoms with van der Waals surface area (Å²) in [5.74, 6) is -7.68. The van der Waals surface area contributed by atoms with Gasteiger partial charge < -0.3 is 20.1 Å². The number of benzene rings is 1. The average Bonchev–Trinajstić information content (AvgIpc) is 3.66. The van der Waals surface area contributed by atoms with Gasteiger partial charge in [-0.1, -0.05) is 17.7 Å². The maximum absolute atomic E-state index is 15.3. The third kappa shape index (κ3) is 5.26. The number of fused-ring (bicyclic) bond motifs is 1. The highest BCUT2D eigenvalue weighted by Gasteiger charge is 2.60. The van der Waals surface area contributed by atoms with Gasteiger partial charge in [0.1, 0.15) is 17.3 Å². The molecule has 15 heteroatoms. The van der Waals surface area contributed by atoms with Gasteiger partial charge in [-0.25, -0.2) is 22.9 Å². The number of carboxylic acids is 1. The molecule has 1 aromatic heterocycles. The number of rotatable bonds is 7. The number of halogens is 4. The smallest absolute Gasteiger partial charge is 0.338 e. The molecule has 42 heavy (non-hydrogen) atoms. The lowest BCUT2D eigenvalue weighted by Gasteiger charge is -2.32. The second-order valence-electron chi connectivity index (χ2n) is 10.9. The second kappa shape index (κ2) is 11.0. The number of aromatic nitrogens is 1. The number of amides is 1. The topological polar surface area (TPSA) is 124 Å². The largest absolute Gasteiger partial charge is 0.480 e. The maximum Gasteiger partial charge on any atom is 0.338 e. The van der Waals surface area contributed by atoms with E-state index in [0.717, 1.165) is 11.0 Å². The molecular weight excluding hydrogens is 599 g/mol. The van der Waals surface area contributed by atoms with Crippen LogP contribution in [0.15, 0.2) is 46.0 Å². The number of nitrogens with one attached hydrogen (secondary N) is 1. The number of ether oxygens (including phenoxy) is 1. The fourth-order valence-corrected chi connectivity index (χ4v) is 6.43. The van der Waals surface area contributed by atoms with E-state index < -0.39 is 59.5 Å². The van der Waals surface area contributed by atoms with E-state index in [-0.39, 0.29) is 41.8 Å². The first kappa shape index (κ1) is 30.0. The lowest BCUT2D eigenvalue weighted by atomic mass is 9.92. The number of aliphatic carboxylic acids is 1. The summed E-state index contributed by atoms with van der Waals surface area (Å²) in [6.07, 6.45) is 1.55. The third-order valence-corrected chi connectivity index (χ3v) is 8.96. The number of hydrogen-bond acceptors (Lipinski definition) is 9. The summed E-state index contributed by atoms with van der Waals surface area (Å²) in [5, 5.41) is 14.7. The number of methoxy groups -OCH3 is 1. The fourth-order valence-electron chi connectivity index (χ4n) is 5.57. The van der Waals surface area contributed by atoms with Crippen molar-refractivity contribution in [3.8, 4) is 0 Å². The van der Waals surface area contributed by atoms with Crippen LogP contribution in [0.1, 0.15) is 30.5 Å². The van der Waals surface area contributed by atoms with Crippen LogP contribution in [0.5, 0.6) is 0 Å². The predicted molar refractivity (Wildman–Crippen MR) is 147 cm³/mol. The molecule has 0 saturated carbocycles. The van der Waals surface area contributed by atoms with Crippen molar-refractivity contribution in [2.24, 2.45) is 16.3 Å². The Morgan fingerprint density at radius 1 is 1.29 bits per heavy atom. The zero-order chi connectivity index (χ0) is 30.6. The normalized spacial score (nSPS) is 23.8.